The van der Waals surface area contributed by atoms with Crippen LogP contribution in [0.15, 0.2) is 18.2 Å². The first kappa shape index (κ1) is 19.4. The van der Waals surface area contributed by atoms with Crippen molar-refractivity contribution in [2.24, 2.45) is 0 Å². The Bertz CT molecular complexity index is 539. The molecule has 128 valence electrons. The van der Waals surface area contributed by atoms with E-state index in [9.17, 15) is 9.59 Å². The standard InChI is InChI=1S/C16H23N3O3.ClH/c1-11-5-4-6-12(2)15(11)18-14(20)10-19(3)16(21)13-9-17-7-8-22-13;/h4-6,13,17H,7-10H2,1-3H3,(H,18,20);1H. The zero-order valence-corrected chi connectivity index (χ0v) is 14.5. The number of carbonyl (C=O) groups excluding carboxylic acids is 2. The number of nitrogens with one attached hydrogen (secondary N) is 2. The molecule has 23 heavy (non-hydrogen) atoms. The molecule has 0 aliphatic carbocycles. The Labute approximate surface area is 143 Å². The third-order valence-corrected chi connectivity index (χ3v) is 3.71. The van der Waals surface area contributed by atoms with Gasteiger partial charge >= 0.3 is 0 Å². The Morgan fingerprint density at radius 3 is 2.57 bits per heavy atom. The molecule has 1 heterocycles. The molecule has 0 radical (unpaired) electrons. The second-order valence-corrected chi connectivity index (χ2v) is 5.57. The van der Waals surface area contributed by atoms with Crippen molar-refractivity contribution in [1.82, 2.24) is 10.2 Å². The van der Waals surface area contributed by atoms with Gasteiger partial charge in [0.15, 0.2) is 0 Å². The molecule has 1 aromatic rings. The minimum atomic E-state index is -0.508. The zero-order chi connectivity index (χ0) is 16.1. The molecule has 1 aromatic carbocycles. The van der Waals surface area contributed by atoms with E-state index < -0.39 is 6.10 Å². The lowest BCUT2D eigenvalue weighted by Gasteiger charge is -2.27. The molecular formula is C16H24ClN3O3. The number of ether oxygens (including phenoxy) is 1. The summed E-state index contributed by atoms with van der Waals surface area (Å²) in [5.74, 6) is -0.388. The van der Waals surface area contributed by atoms with Gasteiger partial charge in [0.2, 0.25) is 5.91 Å². The molecule has 0 aromatic heterocycles. The Morgan fingerprint density at radius 2 is 2.00 bits per heavy atom. The van der Waals surface area contributed by atoms with Crippen LogP contribution in [0.2, 0.25) is 0 Å². The number of anilines is 1. The van der Waals surface area contributed by atoms with Crippen LogP contribution in [-0.4, -0.2) is 56.1 Å². The predicted octanol–water partition coefficient (Wildman–Crippen LogP) is 1.11. The van der Waals surface area contributed by atoms with Gasteiger partial charge in [-0.2, -0.15) is 0 Å². The van der Waals surface area contributed by atoms with Gasteiger partial charge in [0.25, 0.3) is 5.91 Å². The maximum Gasteiger partial charge on any atom is 0.253 e. The maximum atomic E-state index is 12.2. The summed E-state index contributed by atoms with van der Waals surface area (Å²) in [6.45, 7) is 5.64. The van der Waals surface area contributed by atoms with Crippen molar-refractivity contribution in [1.29, 1.82) is 0 Å². The smallest absolute Gasteiger partial charge is 0.253 e. The largest absolute Gasteiger partial charge is 0.366 e. The summed E-state index contributed by atoms with van der Waals surface area (Å²) in [6.07, 6.45) is -0.508. The van der Waals surface area contributed by atoms with E-state index in [1.807, 2.05) is 32.0 Å². The lowest BCUT2D eigenvalue weighted by Crippen LogP contribution is -2.49. The summed E-state index contributed by atoms with van der Waals surface area (Å²) in [4.78, 5) is 25.8. The highest BCUT2D eigenvalue weighted by atomic mass is 35.5. The van der Waals surface area contributed by atoms with Crippen molar-refractivity contribution in [2.75, 3.05) is 38.6 Å². The van der Waals surface area contributed by atoms with Gasteiger partial charge in [0.1, 0.15) is 6.10 Å². The van der Waals surface area contributed by atoms with Gasteiger partial charge in [0.05, 0.1) is 13.2 Å². The minimum Gasteiger partial charge on any atom is -0.366 e. The Morgan fingerprint density at radius 1 is 1.35 bits per heavy atom. The average Bonchev–Trinajstić information content (AvgIpc) is 2.51. The first-order valence-electron chi connectivity index (χ1n) is 7.42. The molecule has 1 fully saturated rings. The summed E-state index contributed by atoms with van der Waals surface area (Å²) >= 11 is 0. The van der Waals surface area contributed by atoms with Crippen molar-refractivity contribution in [3.8, 4) is 0 Å². The molecule has 7 heteroatoms. The molecule has 0 spiro atoms. The lowest BCUT2D eigenvalue weighted by molar-refractivity contribution is -0.145. The fourth-order valence-corrected chi connectivity index (χ4v) is 2.45. The average molecular weight is 342 g/mol. The summed E-state index contributed by atoms with van der Waals surface area (Å²) in [5.41, 5.74) is 2.81. The number of hydrogen-bond donors (Lipinski definition) is 2. The second-order valence-electron chi connectivity index (χ2n) is 5.57. The van der Waals surface area contributed by atoms with Gasteiger partial charge in [-0.25, -0.2) is 0 Å². The third kappa shape index (κ3) is 5.20. The van der Waals surface area contributed by atoms with Crippen LogP contribution in [0.1, 0.15) is 11.1 Å². The molecule has 2 rings (SSSR count). The third-order valence-electron chi connectivity index (χ3n) is 3.71. The molecule has 2 amide bonds. The molecule has 6 nitrogen and oxygen atoms in total. The lowest BCUT2D eigenvalue weighted by atomic mass is 10.1. The van der Waals surface area contributed by atoms with Gasteiger partial charge in [-0.1, -0.05) is 18.2 Å². The van der Waals surface area contributed by atoms with E-state index in [2.05, 4.69) is 10.6 Å². The molecule has 1 saturated heterocycles. The number of hydrogen-bond acceptors (Lipinski definition) is 4. The SMILES string of the molecule is Cc1cccc(C)c1NC(=O)CN(C)C(=O)C1CNCCO1.Cl. The van der Waals surface area contributed by atoms with E-state index in [0.29, 0.717) is 13.2 Å². The van der Waals surface area contributed by atoms with Crippen molar-refractivity contribution in [3.63, 3.8) is 0 Å². The van der Waals surface area contributed by atoms with Crippen LogP contribution in [-0.2, 0) is 14.3 Å². The number of amides is 2. The van der Waals surface area contributed by atoms with Crippen LogP contribution >= 0.6 is 12.4 Å². The number of benzene rings is 1. The molecule has 1 aliphatic rings. The van der Waals surface area contributed by atoms with Crippen LogP contribution in [0.4, 0.5) is 5.69 Å². The molecule has 1 aliphatic heterocycles. The van der Waals surface area contributed by atoms with Gasteiger partial charge in [-0.3, -0.25) is 9.59 Å². The van der Waals surface area contributed by atoms with Gasteiger partial charge < -0.3 is 20.3 Å². The van der Waals surface area contributed by atoms with Crippen LogP contribution in [0.3, 0.4) is 0 Å². The number of nitrogens with zero attached hydrogens (tertiary/aromatic N) is 1. The van der Waals surface area contributed by atoms with E-state index in [-0.39, 0.29) is 30.8 Å². The summed E-state index contributed by atoms with van der Waals surface area (Å²) < 4.78 is 5.41. The Balaban J connectivity index is 0.00000264. The number of carbonyl (C=O) groups is 2. The van der Waals surface area contributed by atoms with Crippen LogP contribution in [0, 0.1) is 13.8 Å². The number of likely N-dealkylation sites (N-methyl/N-ethyl adjacent to an activating group) is 1. The number of halogens is 1. The van der Waals surface area contributed by atoms with Gasteiger partial charge in [-0.05, 0) is 25.0 Å². The maximum absolute atomic E-state index is 12.2. The topological polar surface area (TPSA) is 70.7 Å². The molecule has 0 bridgehead atoms. The van der Waals surface area contributed by atoms with E-state index in [0.717, 1.165) is 23.4 Å². The highest BCUT2D eigenvalue weighted by Gasteiger charge is 2.26. The molecule has 2 N–H and O–H groups in total. The number of morpholine rings is 1. The number of aryl methyl sites for hydroxylation is 2. The summed E-state index contributed by atoms with van der Waals surface area (Å²) in [6, 6.07) is 5.83. The fourth-order valence-electron chi connectivity index (χ4n) is 2.45. The summed E-state index contributed by atoms with van der Waals surface area (Å²) in [5, 5.41) is 5.98. The highest BCUT2D eigenvalue weighted by Crippen LogP contribution is 2.19. The van der Waals surface area contributed by atoms with Crippen molar-refractivity contribution in [3.05, 3.63) is 29.3 Å². The Hall–Kier alpha value is -1.63. The molecule has 1 atom stereocenters. The van der Waals surface area contributed by atoms with Crippen LogP contribution in [0.25, 0.3) is 0 Å². The number of para-hydroxylation sites is 1. The normalized spacial score (nSPS) is 17.1. The van der Waals surface area contributed by atoms with E-state index in [1.54, 1.807) is 7.05 Å². The van der Waals surface area contributed by atoms with Crippen molar-refractivity contribution >= 4 is 29.9 Å². The molecular weight excluding hydrogens is 318 g/mol. The first-order chi connectivity index (χ1) is 10.5. The minimum absolute atomic E-state index is 0. The van der Waals surface area contributed by atoms with Crippen molar-refractivity contribution in [2.45, 2.75) is 20.0 Å². The fraction of sp³-hybridized carbons (Fsp3) is 0.500. The first-order valence-corrected chi connectivity index (χ1v) is 7.42. The van der Waals surface area contributed by atoms with E-state index >= 15 is 0 Å². The van der Waals surface area contributed by atoms with Crippen LogP contribution in [0.5, 0.6) is 0 Å². The summed E-state index contributed by atoms with van der Waals surface area (Å²) in [7, 11) is 1.62. The zero-order valence-electron chi connectivity index (χ0n) is 13.7. The van der Waals surface area contributed by atoms with E-state index in [4.69, 9.17) is 4.74 Å². The quantitative estimate of drug-likeness (QED) is 0.860. The second kappa shape index (κ2) is 8.86. The number of rotatable bonds is 4. The molecule has 0 saturated carbocycles. The Kier molecular flexibility index (Phi) is 7.48. The van der Waals surface area contributed by atoms with E-state index in [1.165, 1.54) is 4.90 Å². The monoisotopic (exact) mass is 341 g/mol. The highest BCUT2D eigenvalue weighted by molar-refractivity contribution is 5.96. The van der Waals surface area contributed by atoms with Crippen LogP contribution < -0.4 is 10.6 Å². The predicted molar refractivity (Wildman–Crippen MR) is 92.0 cm³/mol. The van der Waals surface area contributed by atoms with Gasteiger partial charge in [0, 0.05) is 25.8 Å². The van der Waals surface area contributed by atoms with Gasteiger partial charge in [-0.15, -0.1) is 12.4 Å². The van der Waals surface area contributed by atoms with Crippen molar-refractivity contribution < 1.29 is 14.3 Å². The molecule has 1 unspecified atom stereocenters.